The number of hydrogen-bond acceptors (Lipinski definition) is 4. The first-order valence-corrected chi connectivity index (χ1v) is 7.28. The van der Waals surface area contributed by atoms with Crippen LogP contribution in [-0.2, 0) is 0 Å². The predicted octanol–water partition coefficient (Wildman–Crippen LogP) is 1.97. The smallest absolute Gasteiger partial charge is 0.170 e. The van der Waals surface area contributed by atoms with E-state index in [2.05, 4.69) is 21.9 Å². The van der Waals surface area contributed by atoms with Gasteiger partial charge >= 0.3 is 0 Å². The minimum Gasteiger partial charge on any atom is -0.409 e. The molecule has 20 heavy (non-hydrogen) atoms. The normalized spacial score (nSPS) is 17.5. The summed E-state index contributed by atoms with van der Waals surface area (Å²) in [6.45, 7) is 7.43. The SMILES string of the molecule is CCCN1CCN(c2ccc(C(N)=NO)cc2Cl)CC1. The zero-order valence-corrected chi connectivity index (χ0v) is 12.5. The Morgan fingerprint density at radius 3 is 2.60 bits per heavy atom. The lowest BCUT2D eigenvalue weighted by molar-refractivity contribution is 0.258. The third-order valence-electron chi connectivity index (χ3n) is 3.60. The zero-order valence-electron chi connectivity index (χ0n) is 11.7. The maximum Gasteiger partial charge on any atom is 0.170 e. The highest BCUT2D eigenvalue weighted by molar-refractivity contribution is 6.33. The molecule has 0 aromatic heterocycles. The topological polar surface area (TPSA) is 65.1 Å². The molecular formula is C14H21ClN4O. The molecule has 110 valence electrons. The van der Waals surface area contributed by atoms with Crippen molar-refractivity contribution in [2.24, 2.45) is 10.9 Å². The van der Waals surface area contributed by atoms with E-state index in [1.165, 1.54) is 6.42 Å². The molecule has 0 bridgehead atoms. The number of rotatable bonds is 4. The maximum absolute atomic E-state index is 8.68. The van der Waals surface area contributed by atoms with Crippen molar-refractivity contribution in [3.8, 4) is 0 Å². The van der Waals surface area contributed by atoms with E-state index >= 15 is 0 Å². The number of halogens is 1. The number of nitrogens with two attached hydrogens (primary N) is 1. The van der Waals surface area contributed by atoms with Crippen LogP contribution in [0, 0.1) is 0 Å². The number of nitrogens with zero attached hydrogens (tertiary/aromatic N) is 3. The molecule has 5 nitrogen and oxygen atoms in total. The Morgan fingerprint density at radius 1 is 1.35 bits per heavy atom. The molecule has 0 unspecified atom stereocenters. The van der Waals surface area contributed by atoms with Crippen LogP contribution in [0.1, 0.15) is 18.9 Å². The van der Waals surface area contributed by atoms with Crippen LogP contribution in [0.4, 0.5) is 5.69 Å². The second-order valence-electron chi connectivity index (χ2n) is 4.98. The molecule has 1 heterocycles. The zero-order chi connectivity index (χ0) is 14.5. The minimum absolute atomic E-state index is 0.0752. The summed E-state index contributed by atoms with van der Waals surface area (Å²) in [6.07, 6.45) is 1.19. The van der Waals surface area contributed by atoms with Crippen LogP contribution in [0.15, 0.2) is 23.4 Å². The third-order valence-corrected chi connectivity index (χ3v) is 3.91. The molecule has 1 aromatic rings. The minimum atomic E-state index is 0.0752. The molecule has 3 N–H and O–H groups in total. The first-order valence-electron chi connectivity index (χ1n) is 6.90. The van der Waals surface area contributed by atoms with Gasteiger partial charge in [-0.2, -0.15) is 0 Å². The summed E-state index contributed by atoms with van der Waals surface area (Å²) >= 11 is 6.31. The summed E-state index contributed by atoms with van der Waals surface area (Å²) < 4.78 is 0. The first kappa shape index (κ1) is 14.9. The van der Waals surface area contributed by atoms with Crippen molar-refractivity contribution < 1.29 is 5.21 Å². The maximum atomic E-state index is 8.68. The van der Waals surface area contributed by atoms with E-state index in [1.807, 2.05) is 12.1 Å². The van der Waals surface area contributed by atoms with Gasteiger partial charge in [0, 0.05) is 31.7 Å². The fourth-order valence-corrected chi connectivity index (χ4v) is 2.81. The van der Waals surface area contributed by atoms with E-state index in [1.54, 1.807) is 6.07 Å². The van der Waals surface area contributed by atoms with Gasteiger partial charge in [0.1, 0.15) is 0 Å². The summed E-state index contributed by atoms with van der Waals surface area (Å²) in [7, 11) is 0. The summed E-state index contributed by atoms with van der Waals surface area (Å²) in [5, 5.41) is 12.3. The second-order valence-corrected chi connectivity index (χ2v) is 5.39. The molecule has 0 spiro atoms. The third kappa shape index (κ3) is 3.35. The van der Waals surface area contributed by atoms with Gasteiger partial charge in [-0.25, -0.2) is 0 Å². The van der Waals surface area contributed by atoms with Gasteiger partial charge in [0.2, 0.25) is 0 Å². The summed E-state index contributed by atoms with van der Waals surface area (Å²) in [5.74, 6) is 0.0752. The Labute approximate surface area is 124 Å². The van der Waals surface area contributed by atoms with Gasteiger partial charge in [-0.15, -0.1) is 0 Å². The molecule has 1 aliphatic heterocycles. The number of benzene rings is 1. The lowest BCUT2D eigenvalue weighted by Gasteiger charge is -2.36. The van der Waals surface area contributed by atoms with Crippen LogP contribution in [0.5, 0.6) is 0 Å². The molecule has 0 aliphatic carbocycles. The van der Waals surface area contributed by atoms with Gasteiger partial charge in [-0.1, -0.05) is 23.7 Å². The summed E-state index contributed by atoms with van der Waals surface area (Å²) in [6, 6.07) is 5.50. The monoisotopic (exact) mass is 296 g/mol. The average Bonchev–Trinajstić information content (AvgIpc) is 2.47. The summed E-state index contributed by atoms with van der Waals surface area (Å²) in [4.78, 5) is 4.75. The highest BCUT2D eigenvalue weighted by Gasteiger charge is 2.18. The van der Waals surface area contributed by atoms with Crippen LogP contribution in [0.2, 0.25) is 5.02 Å². The predicted molar refractivity (Wildman–Crippen MR) is 82.9 cm³/mol. The van der Waals surface area contributed by atoms with Gasteiger partial charge in [0.25, 0.3) is 0 Å². The molecule has 0 atom stereocenters. The Hall–Kier alpha value is -1.46. The fraction of sp³-hybridized carbons (Fsp3) is 0.500. The lowest BCUT2D eigenvalue weighted by atomic mass is 10.1. The Kier molecular flexibility index (Phi) is 5.09. The van der Waals surface area contributed by atoms with Crippen LogP contribution in [-0.4, -0.2) is 48.7 Å². The van der Waals surface area contributed by atoms with Crippen molar-refractivity contribution >= 4 is 23.1 Å². The summed E-state index contributed by atoms with van der Waals surface area (Å²) in [5.41, 5.74) is 7.21. The second kappa shape index (κ2) is 6.81. The van der Waals surface area contributed by atoms with E-state index < -0.39 is 0 Å². The van der Waals surface area contributed by atoms with Crippen molar-refractivity contribution in [3.63, 3.8) is 0 Å². The highest BCUT2D eigenvalue weighted by atomic mass is 35.5. The van der Waals surface area contributed by atoms with E-state index in [0.717, 1.165) is 38.4 Å². The fourth-order valence-electron chi connectivity index (χ4n) is 2.51. The Morgan fingerprint density at radius 2 is 2.05 bits per heavy atom. The number of oxime groups is 1. The van der Waals surface area contributed by atoms with Crippen LogP contribution >= 0.6 is 11.6 Å². The van der Waals surface area contributed by atoms with Gasteiger partial charge in [-0.3, -0.25) is 4.90 Å². The number of piperazine rings is 1. The van der Waals surface area contributed by atoms with Gasteiger partial charge in [0.05, 0.1) is 10.7 Å². The van der Waals surface area contributed by atoms with Crippen molar-refractivity contribution in [1.29, 1.82) is 0 Å². The number of anilines is 1. The van der Waals surface area contributed by atoms with E-state index in [0.29, 0.717) is 10.6 Å². The lowest BCUT2D eigenvalue weighted by Crippen LogP contribution is -2.46. The van der Waals surface area contributed by atoms with Crippen LogP contribution in [0.3, 0.4) is 0 Å². The Balaban J connectivity index is 2.07. The van der Waals surface area contributed by atoms with Gasteiger partial charge in [0.15, 0.2) is 5.84 Å². The molecular weight excluding hydrogens is 276 g/mol. The molecule has 2 rings (SSSR count). The molecule has 6 heteroatoms. The van der Waals surface area contributed by atoms with Gasteiger partial charge in [-0.05, 0) is 31.2 Å². The highest BCUT2D eigenvalue weighted by Crippen LogP contribution is 2.27. The largest absolute Gasteiger partial charge is 0.409 e. The van der Waals surface area contributed by atoms with E-state index in [4.69, 9.17) is 22.5 Å². The quantitative estimate of drug-likeness (QED) is 0.386. The Bertz CT molecular complexity index is 484. The van der Waals surface area contributed by atoms with Crippen molar-refractivity contribution in [3.05, 3.63) is 28.8 Å². The number of hydrogen-bond donors (Lipinski definition) is 2. The van der Waals surface area contributed by atoms with Crippen LogP contribution in [0.25, 0.3) is 0 Å². The first-order chi connectivity index (χ1) is 9.65. The molecule has 1 aliphatic rings. The standard InChI is InChI=1S/C14H21ClN4O/c1-2-5-18-6-8-19(9-7-18)13-4-3-11(10-12(13)15)14(16)17-20/h3-4,10,20H,2,5-9H2,1H3,(H2,16,17). The van der Waals surface area contributed by atoms with Gasteiger partial charge < -0.3 is 15.8 Å². The molecule has 1 saturated heterocycles. The molecule has 1 fully saturated rings. The van der Waals surface area contributed by atoms with E-state index in [-0.39, 0.29) is 5.84 Å². The van der Waals surface area contributed by atoms with E-state index in [9.17, 15) is 0 Å². The molecule has 0 saturated carbocycles. The molecule has 1 aromatic carbocycles. The number of amidine groups is 1. The van der Waals surface area contributed by atoms with Crippen molar-refractivity contribution in [2.75, 3.05) is 37.6 Å². The van der Waals surface area contributed by atoms with Crippen LogP contribution < -0.4 is 10.6 Å². The van der Waals surface area contributed by atoms with Crippen molar-refractivity contribution in [2.45, 2.75) is 13.3 Å². The molecule has 0 amide bonds. The average molecular weight is 297 g/mol. The molecule has 0 radical (unpaired) electrons. The van der Waals surface area contributed by atoms with Crippen molar-refractivity contribution in [1.82, 2.24) is 4.90 Å².